The number of carboxylic acid groups (broad SMARTS) is 1. The van der Waals surface area contributed by atoms with Gasteiger partial charge in [-0.05, 0) is 24.3 Å². The Labute approximate surface area is 113 Å². The van der Waals surface area contributed by atoms with E-state index in [2.05, 4.69) is 5.32 Å². The SMILES string of the molecule is O=C(CSc1ccc(F)cc1)NC(CCO)C(=O)O. The van der Waals surface area contributed by atoms with Crippen LogP contribution in [0, 0.1) is 5.82 Å². The maximum Gasteiger partial charge on any atom is 0.326 e. The Balaban J connectivity index is 2.42. The zero-order valence-corrected chi connectivity index (χ0v) is 10.8. The van der Waals surface area contributed by atoms with Crippen LogP contribution < -0.4 is 5.32 Å². The zero-order valence-electron chi connectivity index (χ0n) is 10.0. The van der Waals surface area contributed by atoms with Crippen molar-refractivity contribution in [1.29, 1.82) is 0 Å². The van der Waals surface area contributed by atoms with Crippen LogP contribution in [0.4, 0.5) is 4.39 Å². The van der Waals surface area contributed by atoms with Crippen LogP contribution in [0.3, 0.4) is 0 Å². The van der Waals surface area contributed by atoms with E-state index in [1.165, 1.54) is 36.0 Å². The molecule has 19 heavy (non-hydrogen) atoms. The van der Waals surface area contributed by atoms with E-state index in [1.807, 2.05) is 0 Å². The van der Waals surface area contributed by atoms with E-state index in [4.69, 9.17) is 10.2 Å². The summed E-state index contributed by atoms with van der Waals surface area (Å²) in [5.41, 5.74) is 0. The van der Waals surface area contributed by atoms with Gasteiger partial charge in [0, 0.05) is 17.9 Å². The molecule has 1 rings (SSSR count). The van der Waals surface area contributed by atoms with Crippen LogP contribution in [-0.4, -0.2) is 40.5 Å². The Kier molecular flexibility index (Phi) is 6.31. The number of thioether (sulfide) groups is 1. The van der Waals surface area contributed by atoms with Crippen molar-refractivity contribution in [2.45, 2.75) is 17.4 Å². The molecule has 0 spiro atoms. The third-order valence-electron chi connectivity index (χ3n) is 2.23. The lowest BCUT2D eigenvalue weighted by molar-refractivity contribution is -0.141. The minimum atomic E-state index is -1.19. The number of hydrogen-bond acceptors (Lipinski definition) is 4. The van der Waals surface area contributed by atoms with Gasteiger partial charge in [0.25, 0.3) is 0 Å². The van der Waals surface area contributed by atoms with Gasteiger partial charge in [0.1, 0.15) is 11.9 Å². The normalized spacial score (nSPS) is 11.9. The van der Waals surface area contributed by atoms with E-state index in [9.17, 15) is 14.0 Å². The maximum atomic E-state index is 12.7. The summed E-state index contributed by atoms with van der Waals surface area (Å²) >= 11 is 1.17. The van der Waals surface area contributed by atoms with Crippen LogP contribution in [0.2, 0.25) is 0 Å². The molecule has 0 aliphatic rings. The number of rotatable bonds is 7. The molecule has 104 valence electrons. The van der Waals surface area contributed by atoms with Gasteiger partial charge in [0.05, 0.1) is 5.75 Å². The van der Waals surface area contributed by atoms with Gasteiger partial charge in [0.15, 0.2) is 0 Å². The topological polar surface area (TPSA) is 86.6 Å². The average molecular weight is 287 g/mol. The summed E-state index contributed by atoms with van der Waals surface area (Å²) < 4.78 is 12.7. The van der Waals surface area contributed by atoms with E-state index >= 15 is 0 Å². The van der Waals surface area contributed by atoms with Gasteiger partial charge < -0.3 is 15.5 Å². The summed E-state index contributed by atoms with van der Waals surface area (Å²) in [6.07, 6.45) is -0.0394. The minimum absolute atomic E-state index is 0.0286. The van der Waals surface area contributed by atoms with Crippen molar-refractivity contribution in [3.63, 3.8) is 0 Å². The molecule has 0 saturated carbocycles. The van der Waals surface area contributed by atoms with Gasteiger partial charge in [0.2, 0.25) is 5.91 Å². The van der Waals surface area contributed by atoms with Crippen molar-refractivity contribution < 1.29 is 24.2 Å². The number of nitrogens with one attached hydrogen (secondary N) is 1. The number of hydrogen-bond donors (Lipinski definition) is 3. The highest BCUT2D eigenvalue weighted by Crippen LogP contribution is 2.17. The number of carbonyl (C=O) groups is 2. The lowest BCUT2D eigenvalue weighted by Gasteiger charge is -2.12. The third-order valence-corrected chi connectivity index (χ3v) is 3.25. The van der Waals surface area contributed by atoms with Gasteiger partial charge in [-0.25, -0.2) is 9.18 Å². The zero-order chi connectivity index (χ0) is 14.3. The standard InChI is InChI=1S/C12H14FNO4S/c13-8-1-3-9(4-2-8)19-7-11(16)14-10(5-6-15)12(17)18/h1-4,10,15H,5-7H2,(H,14,16)(H,17,18). The molecule has 1 aromatic carbocycles. The Bertz CT molecular complexity index is 438. The quantitative estimate of drug-likeness (QED) is 0.648. The number of amides is 1. The molecule has 0 saturated heterocycles. The number of aliphatic hydroxyl groups excluding tert-OH is 1. The van der Waals surface area contributed by atoms with Crippen LogP contribution in [0.5, 0.6) is 0 Å². The van der Waals surface area contributed by atoms with Crippen molar-refractivity contribution in [2.75, 3.05) is 12.4 Å². The van der Waals surface area contributed by atoms with Crippen LogP contribution in [0.15, 0.2) is 29.2 Å². The Hall–Kier alpha value is -1.60. The first kappa shape index (κ1) is 15.5. The predicted molar refractivity (Wildman–Crippen MR) is 68.4 cm³/mol. The molecule has 1 atom stereocenters. The smallest absolute Gasteiger partial charge is 0.326 e. The van der Waals surface area contributed by atoms with Crippen molar-refractivity contribution in [2.24, 2.45) is 0 Å². The highest BCUT2D eigenvalue weighted by atomic mass is 32.2. The van der Waals surface area contributed by atoms with Crippen LogP contribution in [0.1, 0.15) is 6.42 Å². The maximum absolute atomic E-state index is 12.7. The van der Waals surface area contributed by atoms with Gasteiger partial charge in [-0.1, -0.05) is 0 Å². The number of aliphatic hydroxyl groups is 1. The summed E-state index contributed by atoms with van der Waals surface area (Å²) in [6, 6.07) is 4.55. The highest BCUT2D eigenvalue weighted by Gasteiger charge is 2.18. The van der Waals surface area contributed by atoms with E-state index in [0.29, 0.717) is 4.90 Å². The van der Waals surface area contributed by atoms with Crippen LogP contribution >= 0.6 is 11.8 Å². The molecule has 0 radical (unpaired) electrons. The molecule has 0 aliphatic carbocycles. The van der Waals surface area contributed by atoms with Crippen molar-refractivity contribution >= 4 is 23.6 Å². The Morgan fingerprint density at radius 3 is 2.47 bits per heavy atom. The number of carbonyl (C=O) groups excluding carboxylic acids is 1. The highest BCUT2D eigenvalue weighted by molar-refractivity contribution is 8.00. The van der Waals surface area contributed by atoms with E-state index < -0.39 is 17.9 Å². The first-order chi connectivity index (χ1) is 9.02. The second-order valence-electron chi connectivity index (χ2n) is 3.71. The summed E-state index contributed by atoms with van der Waals surface area (Å²) in [4.78, 5) is 23.0. The first-order valence-electron chi connectivity index (χ1n) is 5.54. The third kappa shape index (κ3) is 5.71. The number of aliphatic carboxylic acids is 1. The summed E-state index contributed by atoms with van der Waals surface area (Å²) in [6.45, 7) is -0.317. The molecule has 1 aromatic rings. The molecule has 3 N–H and O–H groups in total. The van der Waals surface area contributed by atoms with Crippen molar-refractivity contribution in [3.8, 4) is 0 Å². The fourth-order valence-corrected chi connectivity index (χ4v) is 2.01. The van der Waals surface area contributed by atoms with Gasteiger partial charge in [-0.2, -0.15) is 0 Å². The monoisotopic (exact) mass is 287 g/mol. The predicted octanol–water partition coefficient (Wildman–Crippen LogP) is 0.870. The average Bonchev–Trinajstić information content (AvgIpc) is 2.37. The van der Waals surface area contributed by atoms with Crippen molar-refractivity contribution in [3.05, 3.63) is 30.1 Å². The molecule has 5 nitrogen and oxygen atoms in total. The summed E-state index contributed by atoms with van der Waals surface area (Å²) in [5.74, 6) is -1.96. The lowest BCUT2D eigenvalue weighted by Crippen LogP contribution is -2.42. The fraction of sp³-hybridized carbons (Fsp3) is 0.333. The molecule has 0 heterocycles. The molecular weight excluding hydrogens is 273 g/mol. The van der Waals surface area contributed by atoms with E-state index in [1.54, 1.807) is 0 Å². The molecular formula is C12H14FNO4S. The molecule has 0 aliphatic heterocycles. The summed E-state index contributed by atoms with van der Waals surface area (Å²) in [5, 5.41) is 19.8. The van der Waals surface area contributed by atoms with Gasteiger partial charge >= 0.3 is 5.97 Å². The Morgan fingerprint density at radius 1 is 1.32 bits per heavy atom. The minimum Gasteiger partial charge on any atom is -0.480 e. The second kappa shape index (κ2) is 7.75. The largest absolute Gasteiger partial charge is 0.480 e. The molecule has 1 amide bonds. The lowest BCUT2D eigenvalue weighted by atomic mass is 10.2. The molecule has 7 heteroatoms. The van der Waals surface area contributed by atoms with Crippen molar-refractivity contribution in [1.82, 2.24) is 5.32 Å². The number of carboxylic acids is 1. The van der Waals surface area contributed by atoms with Gasteiger partial charge in [-0.3, -0.25) is 4.79 Å². The molecule has 0 aromatic heterocycles. The van der Waals surface area contributed by atoms with Crippen LogP contribution in [0.25, 0.3) is 0 Å². The second-order valence-corrected chi connectivity index (χ2v) is 4.76. The van der Waals surface area contributed by atoms with E-state index in [0.717, 1.165) is 0 Å². The van der Waals surface area contributed by atoms with Gasteiger partial charge in [-0.15, -0.1) is 11.8 Å². The Morgan fingerprint density at radius 2 is 1.95 bits per heavy atom. The van der Waals surface area contributed by atoms with E-state index in [-0.39, 0.29) is 24.6 Å². The first-order valence-corrected chi connectivity index (χ1v) is 6.53. The van der Waals surface area contributed by atoms with Crippen LogP contribution in [-0.2, 0) is 9.59 Å². The fourth-order valence-electron chi connectivity index (χ4n) is 1.30. The molecule has 1 unspecified atom stereocenters. The summed E-state index contributed by atoms with van der Waals surface area (Å²) in [7, 11) is 0. The number of benzene rings is 1. The molecule has 0 bridgehead atoms. The molecule has 0 fully saturated rings. The number of halogens is 1.